The Bertz CT molecular complexity index is 384. The van der Waals surface area contributed by atoms with Gasteiger partial charge in [-0.3, -0.25) is 0 Å². The molecule has 1 rings (SSSR count). The zero-order chi connectivity index (χ0) is 14.3. The molecule has 1 atom stereocenters. The first-order valence-corrected chi connectivity index (χ1v) is 7.81. The number of halogens is 1. The van der Waals surface area contributed by atoms with Crippen LogP contribution >= 0.6 is 11.8 Å². The maximum Gasteiger partial charge on any atom is 0.123 e. The molecular formula is C15H24FNOS. The summed E-state index contributed by atoms with van der Waals surface area (Å²) in [4.78, 5) is 0. The molecule has 0 saturated carbocycles. The van der Waals surface area contributed by atoms with Gasteiger partial charge in [0.1, 0.15) is 11.6 Å². The highest BCUT2D eigenvalue weighted by atomic mass is 32.2. The molecule has 0 aromatic heterocycles. The number of thioether (sulfide) groups is 1. The molecule has 1 aromatic rings. The molecule has 1 N–H and O–H groups in total. The number of hydrogen-bond acceptors (Lipinski definition) is 3. The molecule has 19 heavy (non-hydrogen) atoms. The molecule has 0 aliphatic rings. The third-order valence-electron chi connectivity index (χ3n) is 2.80. The van der Waals surface area contributed by atoms with Crippen molar-refractivity contribution in [2.45, 2.75) is 38.5 Å². The molecule has 4 heteroatoms. The van der Waals surface area contributed by atoms with Gasteiger partial charge in [-0.05, 0) is 36.4 Å². The van der Waals surface area contributed by atoms with Crippen LogP contribution in [0.15, 0.2) is 18.2 Å². The van der Waals surface area contributed by atoms with Crippen LogP contribution in [0.4, 0.5) is 4.39 Å². The van der Waals surface area contributed by atoms with Crippen molar-refractivity contribution < 1.29 is 9.13 Å². The largest absolute Gasteiger partial charge is 0.496 e. The van der Waals surface area contributed by atoms with E-state index in [1.165, 1.54) is 6.07 Å². The maximum absolute atomic E-state index is 13.5. The number of rotatable bonds is 8. The van der Waals surface area contributed by atoms with E-state index in [2.05, 4.69) is 26.1 Å². The van der Waals surface area contributed by atoms with Crippen molar-refractivity contribution in [3.63, 3.8) is 0 Å². The number of hydrogen-bond donors (Lipinski definition) is 1. The molecule has 2 nitrogen and oxygen atoms in total. The van der Waals surface area contributed by atoms with Crippen LogP contribution in [0.3, 0.4) is 0 Å². The molecule has 0 aliphatic heterocycles. The minimum atomic E-state index is -0.214. The molecule has 0 heterocycles. The SMILES string of the molecule is CCCNC(CSC(C)C)c1cc(F)ccc1OC. The van der Waals surface area contributed by atoms with E-state index in [4.69, 9.17) is 4.74 Å². The van der Waals surface area contributed by atoms with Crippen molar-refractivity contribution in [1.82, 2.24) is 5.32 Å². The van der Waals surface area contributed by atoms with Crippen molar-refractivity contribution in [3.05, 3.63) is 29.6 Å². The van der Waals surface area contributed by atoms with Crippen LogP contribution in [0.1, 0.15) is 38.8 Å². The van der Waals surface area contributed by atoms with Gasteiger partial charge in [0, 0.05) is 17.4 Å². The summed E-state index contributed by atoms with van der Waals surface area (Å²) in [5, 5.41) is 4.04. The molecule has 1 aromatic carbocycles. The van der Waals surface area contributed by atoms with Gasteiger partial charge in [-0.15, -0.1) is 0 Å². The Labute approximate surface area is 120 Å². The Kier molecular flexibility index (Phi) is 7.24. The van der Waals surface area contributed by atoms with Crippen molar-refractivity contribution in [1.29, 1.82) is 0 Å². The van der Waals surface area contributed by atoms with E-state index in [1.807, 2.05) is 11.8 Å². The number of methoxy groups -OCH3 is 1. The topological polar surface area (TPSA) is 21.3 Å². The molecule has 0 amide bonds. The lowest BCUT2D eigenvalue weighted by molar-refractivity contribution is 0.400. The van der Waals surface area contributed by atoms with E-state index in [0.717, 1.165) is 30.0 Å². The first-order chi connectivity index (χ1) is 9.08. The van der Waals surface area contributed by atoms with Crippen LogP contribution in [-0.2, 0) is 0 Å². The quantitative estimate of drug-likeness (QED) is 0.779. The van der Waals surface area contributed by atoms with Crippen LogP contribution in [0.25, 0.3) is 0 Å². The van der Waals surface area contributed by atoms with E-state index in [9.17, 15) is 4.39 Å². The fourth-order valence-electron chi connectivity index (χ4n) is 1.84. The maximum atomic E-state index is 13.5. The average molecular weight is 285 g/mol. The smallest absolute Gasteiger partial charge is 0.123 e. The van der Waals surface area contributed by atoms with Gasteiger partial charge in [0.15, 0.2) is 0 Å². The van der Waals surface area contributed by atoms with Crippen LogP contribution in [0, 0.1) is 5.82 Å². The van der Waals surface area contributed by atoms with Gasteiger partial charge >= 0.3 is 0 Å². The van der Waals surface area contributed by atoms with Gasteiger partial charge in [-0.1, -0.05) is 20.8 Å². The predicted molar refractivity (Wildman–Crippen MR) is 81.6 cm³/mol. The Hall–Kier alpha value is -0.740. The third kappa shape index (κ3) is 5.41. The van der Waals surface area contributed by atoms with E-state index in [-0.39, 0.29) is 11.9 Å². The standard InChI is InChI=1S/C15H24FNOS/c1-5-8-17-14(10-19-11(2)3)13-9-12(16)6-7-15(13)18-4/h6-7,9,11,14,17H,5,8,10H2,1-4H3. The fourth-order valence-corrected chi connectivity index (χ4v) is 2.72. The lowest BCUT2D eigenvalue weighted by Crippen LogP contribution is -2.25. The molecule has 108 valence electrons. The zero-order valence-electron chi connectivity index (χ0n) is 12.2. The Morgan fingerprint density at radius 1 is 1.37 bits per heavy atom. The summed E-state index contributed by atoms with van der Waals surface area (Å²) in [5.74, 6) is 1.45. The van der Waals surface area contributed by atoms with E-state index in [1.54, 1.807) is 19.2 Å². The van der Waals surface area contributed by atoms with Crippen LogP contribution in [0.5, 0.6) is 5.75 Å². The van der Waals surface area contributed by atoms with Gasteiger partial charge in [0.05, 0.1) is 7.11 Å². The van der Waals surface area contributed by atoms with Crippen molar-refractivity contribution >= 4 is 11.8 Å². The predicted octanol–water partition coefficient (Wildman–Crippen LogP) is 4.02. The number of nitrogens with one attached hydrogen (secondary N) is 1. The van der Waals surface area contributed by atoms with Crippen LogP contribution in [-0.4, -0.2) is 24.7 Å². The van der Waals surface area contributed by atoms with Crippen LogP contribution in [0.2, 0.25) is 0 Å². The second-order valence-corrected chi connectivity index (χ2v) is 6.38. The van der Waals surface area contributed by atoms with Crippen molar-refractivity contribution in [2.24, 2.45) is 0 Å². The minimum Gasteiger partial charge on any atom is -0.496 e. The summed E-state index contributed by atoms with van der Waals surface area (Å²) >= 11 is 1.87. The monoisotopic (exact) mass is 285 g/mol. The molecule has 0 saturated heterocycles. The fraction of sp³-hybridized carbons (Fsp3) is 0.600. The van der Waals surface area contributed by atoms with Gasteiger partial charge in [-0.25, -0.2) is 4.39 Å². The number of benzene rings is 1. The summed E-state index contributed by atoms with van der Waals surface area (Å²) in [6.45, 7) is 7.39. The molecular weight excluding hydrogens is 261 g/mol. The summed E-state index contributed by atoms with van der Waals surface area (Å²) in [5.41, 5.74) is 0.907. The Morgan fingerprint density at radius 2 is 2.11 bits per heavy atom. The summed E-state index contributed by atoms with van der Waals surface area (Å²) in [7, 11) is 1.63. The van der Waals surface area contributed by atoms with Gasteiger partial charge in [0.2, 0.25) is 0 Å². The van der Waals surface area contributed by atoms with Crippen molar-refractivity contribution in [2.75, 3.05) is 19.4 Å². The normalized spacial score (nSPS) is 12.7. The Morgan fingerprint density at radius 3 is 2.68 bits per heavy atom. The average Bonchev–Trinajstić information content (AvgIpc) is 2.38. The van der Waals surface area contributed by atoms with Gasteiger partial charge in [-0.2, -0.15) is 11.8 Å². The lowest BCUT2D eigenvalue weighted by Gasteiger charge is -2.22. The van der Waals surface area contributed by atoms with E-state index < -0.39 is 0 Å². The van der Waals surface area contributed by atoms with Crippen LogP contribution < -0.4 is 10.1 Å². The molecule has 0 fully saturated rings. The van der Waals surface area contributed by atoms with E-state index in [0.29, 0.717) is 5.25 Å². The zero-order valence-corrected chi connectivity index (χ0v) is 13.0. The summed E-state index contributed by atoms with van der Waals surface area (Å²) < 4.78 is 18.8. The van der Waals surface area contributed by atoms with Gasteiger partial charge < -0.3 is 10.1 Å². The molecule has 1 unspecified atom stereocenters. The number of ether oxygens (including phenoxy) is 1. The van der Waals surface area contributed by atoms with Gasteiger partial charge in [0.25, 0.3) is 0 Å². The minimum absolute atomic E-state index is 0.123. The first kappa shape index (κ1) is 16.3. The third-order valence-corrected chi connectivity index (χ3v) is 4.00. The molecule has 0 spiro atoms. The molecule has 0 aliphatic carbocycles. The second-order valence-electron chi connectivity index (χ2n) is 4.78. The Balaban J connectivity index is 2.90. The summed E-state index contributed by atoms with van der Waals surface area (Å²) in [6, 6.07) is 4.84. The first-order valence-electron chi connectivity index (χ1n) is 6.76. The highest BCUT2D eigenvalue weighted by molar-refractivity contribution is 7.99. The lowest BCUT2D eigenvalue weighted by atomic mass is 10.1. The molecule has 0 bridgehead atoms. The van der Waals surface area contributed by atoms with E-state index >= 15 is 0 Å². The highest BCUT2D eigenvalue weighted by Crippen LogP contribution is 2.29. The summed E-state index contributed by atoms with van der Waals surface area (Å²) in [6.07, 6.45) is 1.06. The molecule has 0 radical (unpaired) electrons. The second kappa shape index (κ2) is 8.43. The highest BCUT2D eigenvalue weighted by Gasteiger charge is 2.17. The van der Waals surface area contributed by atoms with Crippen molar-refractivity contribution in [3.8, 4) is 5.75 Å².